The van der Waals surface area contributed by atoms with E-state index in [0.717, 1.165) is 45.0 Å². The minimum Gasteiger partial charge on any atom is -0.357 e. The number of aryl methyl sites for hydroxylation is 2. The molecule has 136 valence electrons. The normalized spacial score (nSPS) is 12.8. The van der Waals surface area contributed by atoms with Gasteiger partial charge in [0, 0.05) is 32.1 Å². The molecule has 6 heteroatoms. The Bertz CT molecular complexity index is 618. The van der Waals surface area contributed by atoms with Crippen LogP contribution in [0.4, 0.5) is 0 Å². The van der Waals surface area contributed by atoms with Crippen molar-refractivity contribution < 1.29 is 0 Å². The van der Waals surface area contributed by atoms with E-state index in [9.17, 15) is 0 Å². The Morgan fingerprint density at radius 2 is 1.84 bits per heavy atom. The Kier molecular flexibility index (Phi) is 7.95. The second-order valence-electron chi connectivity index (χ2n) is 6.36. The minimum absolute atomic E-state index is 0.407. The standard InChI is InChI=1S/C19H30N6/c1-4-20-19(21-11-5-6-12-25-14-23-24-15-25)22-13-17(3)18-9-7-16(2)8-10-18/h7-10,14-15,17H,4-6,11-13H2,1-3H3,(H2,20,21,22). The van der Waals surface area contributed by atoms with Gasteiger partial charge in [-0.1, -0.05) is 36.8 Å². The van der Waals surface area contributed by atoms with Crippen LogP contribution in [0, 0.1) is 6.92 Å². The minimum atomic E-state index is 0.407. The number of hydrogen-bond acceptors (Lipinski definition) is 3. The molecule has 6 nitrogen and oxygen atoms in total. The van der Waals surface area contributed by atoms with Gasteiger partial charge in [0.05, 0.1) is 0 Å². The van der Waals surface area contributed by atoms with E-state index < -0.39 is 0 Å². The molecule has 0 radical (unpaired) electrons. The molecule has 2 aromatic rings. The van der Waals surface area contributed by atoms with Gasteiger partial charge >= 0.3 is 0 Å². The summed E-state index contributed by atoms with van der Waals surface area (Å²) < 4.78 is 2.00. The molecule has 1 aromatic heterocycles. The van der Waals surface area contributed by atoms with Gasteiger partial charge in [-0.2, -0.15) is 0 Å². The summed E-state index contributed by atoms with van der Waals surface area (Å²) in [6, 6.07) is 8.71. The summed E-state index contributed by atoms with van der Waals surface area (Å²) in [6.45, 7) is 9.93. The molecule has 0 saturated heterocycles. The SMILES string of the molecule is CCNC(=NCC(C)c1ccc(C)cc1)NCCCCn1cnnc1. The average Bonchev–Trinajstić information content (AvgIpc) is 3.13. The van der Waals surface area contributed by atoms with Crippen LogP contribution in [0.5, 0.6) is 0 Å². The fourth-order valence-electron chi connectivity index (χ4n) is 2.53. The molecule has 0 amide bonds. The average molecular weight is 342 g/mol. The van der Waals surface area contributed by atoms with E-state index in [0.29, 0.717) is 5.92 Å². The van der Waals surface area contributed by atoms with E-state index in [1.807, 2.05) is 4.57 Å². The number of unbranched alkanes of at least 4 members (excludes halogenated alkanes) is 1. The summed E-state index contributed by atoms with van der Waals surface area (Å²) in [5.74, 6) is 1.30. The predicted octanol–water partition coefficient (Wildman–Crippen LogP) is 2.73. The highest BCUT2D eigenvalue weighted by atomic mass is 15.2. The summed E-state index contributed by atoms with van der Waals surface area (Å²) in [5, 5.41) is 14.4. The van der Waals surface area contributed by atoms with Gasteiger partial charge < -0.3 is 15.2 Å². The third-order valence-corrected chi connectivity index (χ3v) is 4.12. The van der Waals surface area contributed by atoms with E-state index in [1.165, 1.54) is 11.1 Å². The third kappa shape index (κ3) is 6.95. The zero-order valence-corrected chi connectivity index (χ0v) is 15.6. The lowest BCUT2D eigenvalue weighted by Crippen LogP contribution is -2.38. The highest BCUT2D eigenvalue weighted by molar-refractivity contribution is 5.79. The van der Waals surface area contributed by atoms with Crippen LogP contribution in [0.15, 0.2) is 41.9 Å². The summed E-state index contributed by atoms with van der Waals surface area (Å²) in [6.07, 6.45) is 5.68. The van der Waals surface area contributed by atoms with E-state index in [1.54, 1.807) is 12.7 Å². The van der Waals surface area contributed by atoms with Crippen molar-refractivity contribution in [2.24, 2.45) is 4.99 Å². The maximum atomic E-state index is 4.73. The molecular formula is C19H30N6. The molecule has 0 spiro atoms. The van der Waals surface area contributed by atoms with Gasteiger partial charge in [0.25, 0.3) is 0 Å². The Morgan fingerprint density at radius 1 is 1.12 bits per heavy atom. The first-order chi connectivity index (χ1) is 12.2. The molecule has 2 N–H and O–H groups in total. The van der Waals surface area contributed by atoms with Crippen LogP contribution in [0.2, 0.25) is 0 Å². The van der Waals surface area contributed by atoms with Gasteiger partial charge in [-0.15, -0.1) is 10.2 Å². The Hall–Kier alpha value is -2.37. The second-order valence-corrected chi connectivity index (χ2v) is 6.36. The number of rotatable bonds is 9. The van der Waals surface area contributed by atoms with Gasteiger partial charge in [-0.25, -0.2) is 0 Å². The monoisotopic (exact) mass is 342 g/mol. The Balaban J connectivity index is 1.74. The molecule has 0 aliphatic rings. The fourth-order valence-corrected chi connectivity index (χ4v) is 2.53. The topological polar surface area (TPSA) is 67.1 Å². The molecule has 1 unspecified atom stereocenters. The maximum Gasteiger partial charge on any atom is 0.191 e. The molecule has 0 aliphatic heterocycles. The van der Waals surface area contributed by atoms with Crippen LogP contribution in [-0.2, 0) is 6.54 Å². The molecule has 2 rings (SSSR count). The predicted molar refractivity (Wildman–Crippen MR) is 103 cm³/mol. The lowest BCUT2D eigenvalue weighted by Gasteiger charge is -2.14. The van der Waals surface area contributed by atoms with E-state index in [-0.39, 0.29) is 0 Å². The highest BCUT2D eigenvalue weighted by Crippen LogP contribution is 2.15. The Labute approximate surface area is 150 Å². The first kappa shape index (κ1) is 19.0. The van der Waals surface area contributed by atoms with Crippen LogP contribution in [0.3, 0.4) is 0 Å². The molecule has 25 heavy (non-hydrogen) atoms. The summed E-state index contributed by atoms with van der Waals surface area (Å²) >= 11 is 0. The number of aromatic nitrogens is 3. The second kappa shape index (κ2) is 10.5. The van der Waals surface area contributed by atoms with Crippen LogP contribution >= 0.6 is 0 Å². The van der Waals surface area contributed by atoms with Crippen molar-refractivity contribution in [3.05, 3.63) is 48.0 Å². The highest BCUT2D eigenvalue weighted by Gasteiger charge is 2.05. The van der Waals surface area contributed by atoms with Gasteiger partial charge in [0.2, 0.25) is 0 Å². The largest absolute Gasteiger partial charge is 0.357 e. The molecule has 0 saturated carbocycles. The number of nitrogens with one attached hydrogen (secondary N) is 2. The zero-order valence-electron chi connectivity index (χ0n) is 15.6. The quantitative estimate of drug-likeness (QED) is 0.418. The molecule has 0 fully saturated rings. The zero-order chi connectivity index (χ0) is 17.9. The van der Waals surface area contributed by atoms with E-state index in [2.05, 4.69) is 65.9 Å². The smallest absolute Gasteiger partial charge is 0.191 e. The number of nitrogens with zero attached hydrogens (tertiary/aromatic N) is 4. The van der Waals surface area contributed by atoms with Crippen molar-refractivity contribution in [3.8, 4) is 0 Å². The maximum absolute atomic E-state index is 4.73. The van der Waals surface area contributed by atoms with Crippen molar-refractivity contribution in [2.75, 3.05) is 19.6 Å². The van der Waals surface area contributed by atoms with Gasteiger partial charge in [0.15, 0.2) is 5.96 Å². The number of guanidine groups is 1. The van der Waals surface area contributed by atoms with E-state index >= 15 is 0 Å². The van der Waals surface area contributed by atoms with Gasteiger partial charge in [-0.3, -0.25) is 4.99 Å². The van der Waals surface area contributed by atoms with Crippen molar-refractivity contribution in [2.45, 2.75) is 46.1 Å². The molecule has 1 heterocycles. The lowest BCUT2D eigenvalue weighted by molar-refractivity contribution is 0.597. The van der Waals surface area contributed by atoms with Crippen molar-refractivity contribution in [3.63, 3.8) is 0 Å². The number of benzene rings is 1. The van der Waals surface area contributed by atoms with E-state index in [4.69, 9.17) is 4.99 Å². The first-order valence-electron chi connectivity index (χ1n) is 9.10. The Morgan fingerprint density at radius 3 is 2.52 bits per heavy atom. The lowest BCUT2D eigenvalue weighted by atomic mass is 10.0. The van der Waals surface area contributed by atoms with Crippen molar-refractivity contribution in [1.82, 2.24) is 25.4 Å². The van der Waals surface area contributed by atoms with Gasteiger partial charge in [0.1, 0.15) is 12.7 Å². The summed E-state index contributed by atoms with van der Waals surface area (Å²) in [7, 11) is 0. The third-order valence-electron chi connectivity index (χ3n) is 4.12. The summed E-state index contributed by atoms with van der Waals surface area (Å²) in [5.41, 5.74) is 2.63. The fraction of sp³-hybridized carbons (Fsp3) is 0.526. The number of hydrogen-bond donors (Lipinski definition) is 2. The van der Waals surface area contributed by atoms with Crippen LogP contribution in [-0.4, -0.2) is 40.4 Å². The van der Waals surface area contributed by atoms with Crippen molar-refractivity contribution >= 4 is 5.96 Å². The molecule has 1 atom stereocenters. The molecular weight excluding hydrogens is 312 g/mol. The first-order valence-corrected chi connectivity index (χ1v) is 9.10. The molecule has 1 aromatic carbocycles. The van der Waals surface area contributed by atoms with Crippen LogP contribution in [0.25, 0.3) is 0 Å². The van der Waals surface area contributed by atoms with Crippen LogP contribution < -0.4 is 10.6 Å². The van der Waals surface area contributed by atoms with Gasteiger partial charge in [-0.05, 0) is 32.3 Å². The number of aliphatic imine (C=N–C) groups is 1. The summed E-state index contributed by atoms with van der Waals surface area (Å²) in [4.78, 5) is 4.73. The molecule has 0 bridgehead atoms. The van der Waals surface area contributed by atoms with Crippen molar-refractivity contribution in [1.29, 1.82) is 0 Å². The molecule has 0 aliphatic carbocycles. The van der Waals surface area contributed by atoms with Crippen LogP contribution in [0.1, 0.15) is 43.7 Å².